The van der Waals surface area contributed by atoms with Gasteiger partial charge < -0.3 is 24.6 Å². The van der Waals surface area contributed by atoms with Gasteiger partial charge >= 0.3 is 5.97 Å². The van der Waals surface area contributed by atoms with Gasteiger partial charge in [0, 0.05) is 41.8 Å². The fraction of sp³-hybridized carbons (Fsp3) is 0.172. The zero-order chi connectivity index (χ0) is 27.5. The number of aromatic nitrogens is 2. The van der Waals surface area contributed by atoms with E-state index >= 15 is 4.39 Å². The van der Waals surface area contributed by atoms with E-state index in [1.54, 1.807) is 37.6 Å². The van der Waals surface area contributed by atoms with Crippen LogP contribution in [0.5, 0.6) is 11.5 Å². The number of fused-ring (bicyclic) bond motifs is 3. The predicted octanol–water partition coefficient (Wildman–Crippen LogP) is 5.24. The van der Waals surface area contributed by atoms with E-state index in [1.165, 1.54) is 26.4 Å². The molecule has 9 nitrogen and oxygen atoms in total. The molecule has 1 aliphatic rings. The molecule has 0 aliphatic carbocycles. The fourth-order valence-electron chi connectivity index (χ4n) is 4.51. The number of halogens is 1. The van der Waals surface area contributed by atoms with Crippen molar-refractivity contribution in [2.24, 2.45) is 4.99 Å². The van der Waals surface area contributed by atoms with Crippen LogP contribution >= 0.6 is 0 Å². The van der Waals surface area contributed by atoms with Crippen molar-refractivity contribution in [3.63, 3.8) is 0 Å². The summed E-state index contributed by atoms with van der Waals surface area (Å²) < 4.78 is 31.2. The second-order valence-corrected chi connectivity index (χ2v) is 8.71. The average molecular weight is 529 g/mol. The smallest absolute Gasteiger partial charge is 0.339 e. The summed E-state index contributed by atoms with van der Waals surface area (Å²) in [6.45, 7) is 0.588. The highest BCUT2D eigenvalue weighted by Gasteiger charge is 2.25. The molecule has 10 heteroatoms. The van der Waals surface area contributed by atoms with Crippen molar-refractivity contribution in [1.82, 2.24) is 9.97 Å². The molecule has 0 amide bonds. The molecule has 0 bridgehead atoms. The van der Waals surface area contributed by atoms with Gasteiger partial charge in [-0.1, -0.05) is 18.2 Å². The second kappa shape index (κ2) is 10.9. The first-order valence-electron chi connectivity index (χ1n) is 12.0. The molecule has 0 saturated heterocycles. The van der Waals surface area contributed by atoms with Crippen LogP contribution in [-0.4, -0.2) is 48.1 Å². The number of aliphatic imine (C=N–C) groups is 1. The third-order valence-electron chi connectivity index (χ3n) is 6.30. The number of methoxy groups -OCH3 is 3. The van der Waals surface area contributed by atoms with Crippen molar-refractivity contribution in [1.29, 1.82) is 0 Å². The lowest BCUT2D eigenvalue weighted by Crippen LogP contribution is -2.10. The third kappa shape index (κ3) is 5.01. The number of carboxylic acids is 1. The number of anilines is 2. The van der Waals surface area contributed by atoms with Gasteiger partial charge in [-0.05, 0) is 35.9 Å². The summed E-state index contributed by atoms with van der Waals surface area (Å²) in [5, 5.41) is 12.5. The zero-order valence-electron chi connectivity index (χ0n) is 21.5. The summed E-state index contributed by atoms with van der Waals surface area (Å²) in [5.74, 6) is -0.677. The third-order valence-corrected chi connectivity index (χ3v) is 6.30. The van der Waals surface area contributed by atoms with Crippen LogP contribution in [0.15, 0.2) is 65.8 Å². The summed E-state index contributed by atoms with van der Waals surface area (Å²) in [5.41, 5.74) is 5.01. The number of nitrogens with zero attached hydrogens (tertiary/aromatic N) is 3. The Balaban J connectivity index is 1.61. The molecule has 39 heavy (non-hydrogen) atoms. The summed E-state index contributed by atoms with van der Waals surface area (Å²) in [7, 11) is 4.51. The van der Waals surface area contributed by atoms with Crippen LogP contribution in [0.25, 0.3) is 11.3 Å². The molecule has 1 aliphatic heterocycles. The number of ether oxygens (including phenoxy) is 3. The number of benzene rings is 3. The Kier molecular flexibility index (Phi) is 7.20. The van der Waals surface area contributed by atoms with Crippen LogP contribution in [0.1, 0.15) is 32.6 Å². The molecule has 0 fully saturated rings. The Hall–Kier alpha value is -4.83. The normalized spacial score (nSPS) is 12.1. The highest BCUT2D eigenvalue weighted by atomic mass is 19.1. The summed E-state index contributed by atoms with van der Waals surface area (Å²) in [6, 6.07) is 15.0. The fourth-order valence-corrected chi connectivity index (χ4v) is 4.51. The van der Waals surface area contributed by atoms with Crippen molar-refractivity contribution in [3.8, 4) is 22.8 Å². The standard InChI is InChI=1S/C29H25FN4O5/c1-37-15-16-7-9-19-21(11-16)27(25-22(30)5-4-6-23(25)38-2)31-13-17-14-32-29(34-26(17)19)33-18-8-10-20(28(35)36)24(12-18)39-3/h4-12,14H,13,15H2,1-3H3,(H,35,36)(H,32,33,34). The van der Waals surface area contributed by atoms with Gasteiger partial charge in [0.25, 0.3) is 0 Å². The van der Waals surface area contributed by atoms with Gasteiger partial charge in [-0.2, -0.15) is 0 Å². The largest absolute Gasteiger partial charge is 0.496 e. The Morgan fingerprint density at radius 1 is 1.03 bits per heavy atom. The first kappa shape index (κ1) is 25.8. The van der Waals surface area contributed by atoms with Gasteiger partial charge in [0.05, 0.1) is 44.3 Å². The van der Waals surface area contributed by atoms with E-state index in [0.717, 1.165) is 16.7 Å². The maximum absolute atomic E-state index is 15.2. The molecule has 0 spiro atoms. The molecule has 0 atom stereocenters. The van der Waals surface area contributed by atoms with Gasteiger partial charge in [-0.25, -0.2) is 19.2 Å². The van der Waals surface area contributed by atoms with Crippen molar-refractivity contribution in [3.05, 3.63) is 94.4 Å². The van der Waals surface area contributed by atoms with Gasteiger partial charge in [-0.15, -0.1) is 0 Å². The Labute approximate surface area is 223 Å². The molecule has 0 radical (unpaired) electrons. The minimum absolute atomic E-state index is 0.0416. The summed E-state index contributed by atoms with van der Waals surface area (Å²) >= 11 is 0. The summed E-state index contributed by atoms with van der Waals surface area (Å²) in [4.78, 5) is 25.5. The number of aromatic carboxylic acids is 1. The second-order valence-electron chi connectivity index (χ2n) is 8.71. The number of hydrogen-bond donors (Lipinski definition) is 2. The highest BCUT2D eigenvalue weighted by Crippen LogP contribution is 2.36. The Morgan fingerprint density at radius 3 is 2.59 bits per heavy atom. The van der Waals surface area contributed by atoms with E-state index in [9.17, 15) is 9.90 Å². The average Bonchev–Trinajstić information content (AvgIpc) is 3.09. The number of hydrogen-bond acceptors (Lipinski definition) is 8. The van der Waals surface area contributed by atoms with Crippen molar-refractivity contribution in [2.75, 3.05) is 26.6 Å². The lowest BCUT2D eigenvalue weighted by atomic mass is 9.93. The Morgan fingerprint density at radius 2 is 1.85 bits per heavy atom. The van der Waals surface area contributed by atoms with Crippen LogP contribution in [0.2, 0.25) is 0 Å². The summed E-state index contributed by atoms with van der Waals surface area (Å²) in [6.07, 6.45) is 1.67. The number of nitrogens with one attached hydrogen (secondary N) is 1. The van der Waals surface area contributed by atoms with Crippen LogP contribution in [-0.2, 0) is 17.9 Å². The molecule has 1 aromatic heterocycles. The molecule has 0 saturated carbocycles. The highest BCUT2D eigenvalue weighted by molar-refractivity contribution is 6.18. The van der Waals surface area contributed by atoms with E-state index in [0.29, 0.717) is 35.0 Å². The number of carbonyl (C=O) groups is 1. The Bertz CT molecular complexity index is 1610. The molecule has 2 heterocycles. The number of rotatable bonds is 8. The van der Waals surface area contributed by atoms with E-state index < -0.39 is 11.8 Å². The molecule has 3 aromatic carbocycles. The first-order valence-corrected chi connectivity index (χ1v) is 12.0. The van der Waals surface area contributed by atoms with E-state index in [1.807, 2.05) is 18.2 Å². The van der Waals surface area contributed by atoms with Crippen molar-refractivity contribution >= 4 is 23.3 Å². The van der Waals surface area contributed by atoms with Crippen molar-refractivity contribution < 1.29 is 28.5 Å². The molecule has 4 aromatic rings. The van der Waals surface area contributed by atoms with Gasteiger partial charge in [0.1, 0.15) is 22.9 Å². The topological polar surface area (TPSA) is 115 Å². The van der Waals surface area contributed by atoms with E-state index in [4.69, 9.17) is 24.2 Å². The molecule has 0 unspecified atom stereocenters. The minimum Gasteiger partial charge on any atom is -0.496 e. The van der Waals surface area contributed by atoms with Crippen molar-refractivity contribution in [2.45, 2.75) is 13.2 Å². The van der Waals surface area contributed by atoms with E-state index in [2.05, 4.69) is 10.3 Å². The molecule has 2 N–H and O–H groups in total. The number of carboxylic acid groups (broad SMARTS) is 1. The lowest BCUT2D eigenvalue weighted by molar-refractivity contribution is 0.0693. The first-order chi connectivity index (χ1) is 18.9. The molecule has 5 rings (SSSR count). The maximum Gasteiger partial charge on any atom is 0.339 e. The van der Waals surface area contributed by atoms with Gasteiger partial charge in [0.2, 0.25) is 5.95 Å². The molecule has 198 valence electrons. The van der Waals surface area contributed by atoms with Gasteiger partial charge in [0.15, 0.2) is 0 Å². The van der Waals surface area contributed by atoms with Crippen LogP contribution in [0, 0.1) is 5.82 Å². The lowest BCUT2D eigenvalue weighted by Gasteiger charge is -2.16. The predicted molar refractivity (Wildman–Crippen MR) is 144 cm³/mol. The van der Waals surface area contributed by atoms with Crippen LogP contribution in [0.4, 0.5) is 16.0 Å². The zero-order valence-corrected chi connectivity index (χ0v) is 21.5. The van der Waals surface area contributed by atoms with Crippen LogP contribution < -0.4 is 14.8 Å². The van der Waals surface area contributed by atoms with E-state index in [-0.39, 0.29) is 29.4 Å². The molecular weight excluding hydrogens is 503 g/mol. The quantitative estimate of drug-likeness (QED) is 0.319. The SMILES string of the molecule is COCc1ccc2c(c1)C(c1c(F)cccc1OC)=NCc1cnc(Nc3ccc(C(=O)O)c(OC)c3)nc1-2. The van der Waals surface area contributed by atoms with Crippen LogP contribution in [0.3, 0.4) is 0 Å². The van der Waals surface area contributed by atoms with Gasteiger partial charge in [-0.3, -0.25) is 4.99 Å². The minimum atomic E-state index is -1.09. The maximum atomic E-state index is 15.2. The molecular formula is C29H25FN4O5. The monoisotopic (exact) mass is 528 g/mol.